The zero-order valence-electron chi connectivity index (χ0n) is 9.02. The molecule has 0 aromatic rings. The average Bonchev–Trinajstić information content (AvgIpc) is 2.09. The normalized spacial score (nSPS) is 10.9. The molecule has 0 saturated carbocycles. The Bertz CT molecular complexity index is 209. The van der Waals surface area contributed by atoms with Crippen molar-refractivity contribution in [2.24, 2.45) is 11.1 Å². The molecule has 0 spiro atoms. The molecule has 0 aliphatic rings. The number of carbonyl (C=O) groups is 2. The van der Waals surface area contributed by atoms with Crippen molar-refractivity contribution >= 4 is 11.8 Å². The number of nitrogens with two attached hydrogens (primary N) is 1. The molecule has 0 aromatic carbocycles. The Balaban J connectivity index is 3.62. The lowest BCUT2D eigenvalue weighted by Gasteiger charge is -2.18. The van der Waals surface area contributed by atoms with Crippen LogP contribution in [0.1, 0.15) is 20.8 Å². The van der Waals surface area contributed by atoms with Gasteiger partial charge in [0.25, 0.3) is 0 Å². The van der Waals surface area contributed by atoms with Gasteiger partial charge in [0.1, 0.15) is 0 Å². The lowest BCUT2D eigenvalue weighted by Crippen LogP contribution is -2.41. The van der Waals surface area contributed by atoms with Gasteiger partial charge < -0.3 is 16.4 Å². The molecule has 0 unspecified atom stereocenters. The summed E-state index contributed by atoms with van der Waals surface area (Å²) in [6.45, 7) is 6.55. The number of carbonyl (C=O) groups excluding carboxylic acids is 2. The Hall–Kier alpha value is -1.10. The van der Waals surface area contributed by atoms with E-state index in [0.29, 0.717) is 6.54 Å². The van der Waals surface area contributed by atoms with E-state index in [1.165, 1.54) is 0 Å². The first-order valence-corrected chi connectivity index (χ1v) is 4.58. The molecule has 5 heteroatoms. The van der Waals surface area contributed by atoms with Gasteiger partial charge in [0.2, 0.25) is 11.8 Å². The maximum absolute atomic E-state index is 11.1. The van der Waals surface area contributed by atoms with Crippen molar-refractivity contribution < 1.29 is 9.59 Å². The molecule has 0 atom stereocenters. The molecule has 0 rings (SSSR count). The molecule has 0 fully saturated rings. The van der Waals surface area contributed by atoms with Crippen LogP contribution in [0.5, 0.6) is 0 Å². The number of hydrogen-bond acceptors (Lipinski definition) is 3. The van der Waals surface area contributed by atoms with E-state index in [1.807, 2.05) is 20.8 Å². The van der Waals surface area contributed by atoms with Crippen molar-refractivity contribution in [2.45, 2.75) is 20.8 Å². The third kappa shape index (κ3) is 7.54. The lowest BCUT2D eigenvalue weighted by molar-refractivity contribution is -0.125. The highest BCUT2D eigenvalue weighted by atomic mass is 16.2. The quantitative estimate of drug-likeness (QED) is 0.558. The molecule has 0 aromatic heterocycles. The summed E-state index contributed by atoms with van der Waals surface area (Å²) in [6, 6.07) is 0. The summed E-state index contributed by atoms with van der Waals surface area (Å²) in [7, 11) is 0. The summed E-state index contributed by atoms with van der Waals surface area (Å²) >= 11 is 0. The minimum absolute atomic E-state index is 0.00782. The Kier molecular flexibility index (Phi) is 5.15. The van der Waals surface area contributed by atoms with Crippen molar-refractivity contribution in [3.63, 3.8) is 0 Å². The molecule has 82 valence electrons. The second kappa shape index (κ2) is 5.59. The fourth-order valence-corrected chi connectivity index (χ4v) is 0.677. The Morgan fingerprint density at radius 3 is 2.14 bits per heavy atom. The van der Waals surface area contributed by atoms with Crippen LogP contribution in [0.15, 0.2) is 0 Å². The monoisotopic (exact) mass is 201 g/mol. The van der Waals surface area contributed by atoms with Crippen LogP contribution in [0.4, 0.5) is 0 Å². The third-order valence-corrected chi connectivity index (χ3v) is 1.45. The third-order valence-electron chi connectivity index (χ3n) is 1.45. The smallest absolute Gasteiger partial charge is 0.239 e. The van der Waals surface area contributed by atoms with Crippen LogP contribution < -0.4 is 16.4 Å². The molecular formula is C9H19N3O2. The maximum Gasteiger partial charge on any atom is 0.239 e. The zero-order chi connectivity index (χ0) is 11.2. The summed E-state index contributed by atoms with van der Waals surface area (Å²) in [6.07, 6.45) is 0. The van der Waals surface area contributed by atoms with Crippen molar-refractivity contribution in [3.8, 4) is 0 Å². The molecule has 4 N–H and O–H groups in total. The molecule has 0 radical (unpaired) electrons. The lowest BCUT2D eigenvalue weighted by atomic mass is 9.97. The number of amides is 2. The standard InChI is InChI=1S/C9H19N3O2/c1-9(2,3)6-12-8(14)5-11-7(13)4-10/h4-6,10H2,1-3H3,(H,11,13)(H,12,14). The topological polar surface area (TPSA) is 84.2 Å². The van der Waals surface area contributed by atoms with Gasteiger partial charge in [-0.05, 0) is 5.41 Å². The highest BCUT2D eigenvalue weighted by Crippen LogP contribution is 2.09. The van der Waals surface area contributed by atoms with Crippen LogP contribution in [-0.4, -0.2) is 31.4 Å². The van der Waals surface area contributed by atoms with Gasteiger partial charge in [0.15, 0.2) is 0 Å². The van der Waals surface area contributed by atoms with E-state index in [0.717, 1.165) is 0 Å². The van der Waals surface area contributed by atoms with Crippen molar-refractivity contribution in [1.82, 2.24) is 10.6 Å². The van der Waals surface area contributed by atoms with E-state index < -0.39 is 0 Å². The fraction of sp³-hybridized carbons (Fsp3) is 0.778. The number of hydrogen-bond donors (Lipinski definition) is 3. The number of nitrogens with one attached hydrogen (secondary N) is 2. The minimum Gasteiger partial charge on any atom is -0.354 e. The predicted molar refractivity (Wildman–Crippen MR) is 54.5 cm³/mol. The summed E-state index contributed by atoms with van der Waals surface area (Å²) < 4.78 is 0. The molecule has 0 heterocycles. The van der Waals surface area contributed by atoms with Crippen LogP contribution >= 0.6 is 0 Å². The summed E-state index contributed by atoms with van der Waals surface area (Å²) in [4.78, 5) is 21.8. The van der Waals surface area contributed by atoms with Crippen LogP contribution in [0.3, 0.4) is 0 Å². The van der Waals surface area contributed by atoms with Gasteiger partial charge in [-0.25, -0.2) is 0 Å². The van der Waals surface area contributed by atoms with Gasteiger partial charge in [-0.1, -0.05) is 20.8 Å². The van der Waals surface area contributed by atoms with Gasteiger partial charge in [0.05, 0.1) is 13.1 Å². The molecule has 2 amide bonds. The van der Waals surface area contributed by atoms with Gasteiger partial charge in [-0.2, -0.15) is 0 Å². The number of rotatable bonds is 4. The van der Waals surface area contributed by atoms with Crippen molar-refractivity contribution in [1.29, 1.82) is 0 Å². The Labute approximate surface area is 84.4 Å². The van der Waals surface area contributed by atoms with E-state index >= 15 is 0 Å². The highest BCUT2D eigenvalue weighted by molar-refractivity contribution is 5.85. The summed E-state index contributed by atoms with van der Waals surface area (Å²) in [5, 5.41) is 5.10. The Morgan fingerprint density at radius 1 is 1.14 bits per heavy atom. The van der Waals surface area contributed by atoms with E-state index in [9.17, 15) is 9.59 Å². The molecular weight excluding hydrogens is 182 g/mol. The predicted octanol–water partition coefficient (Wildman–Crippen LogP) is -0.776. The molecule has 0 aliphatic carbocycles. The molecule has 0 aliphatic heterocycles. The first kappa shape index (κ1) is 12.9. The average molecular weight is 201 g/mol. The minimum atomic E-state index is -0.323. The van der Waals surface area contributed by atoms with Crippen molar-refractivity contribution in [2.75, 3.05) is 19.6 Å². The van der Waals surface area contributed by atoms with Gasteiger partial charge in [-0.15, -0.1) is 0 Å². The largest absolute Gasteiger partial charge is 0.354 e. The van der Waals surface area contributed by atoms with E-state index in [1.54, 1.807) is 0 Å². The van der Waals surface area contributed by atoms with E-state index in [4.69, 9.17) is 5.73 Å². The summed E-state index contributed by atoms with van der Waals surface area (Å²) in [5.41, 5.74) is 5.11. The molecule has 5 nitrogen and oxygen atoms in total. The van der Waals surface area contributed by atoms with E-state index in [-0.39, 0.29) is 30.3 Å². The van der Waals surface area contributed by atoms with Crippen LogP contribution in [-0.2, 0) is 9.59 Å². The zero-order valence-corrected chi connectivity index (χ0v) is 9.02. The second-order valence-corrected chi connectivity index (χ2v) is 4.32. The maximum atomic E-state index is 11.1. The van der Waals surface area contributed by atoms with E-state index in [2.05, 4.69) is 10.6 Å². The first-order chi connectivity index (χ1) is 6.35. The Morgan fingerprint density at radius 2 is 1.71 bits per heavy atom. The van der Waals surface area contributed by atoms with Crippen LogP contribution in [0.25, 0.3) is 0 Å². The molecule has 0 saturated heterocycles. The SMILES string of the molecule is CC(C)(C)CNC(=O)CNC(=O)CN. The van der Waals surface area contributed by atoms with Gasteiger partial charge >= 0.3 is 0 Å². The fourth-order valence-electron chi connectivity index (χ4n) is 0.677. The highest BCUT2D eigenvalue weighted by Gasteiger charge is 2.11. The van der Waals surface area contributed by atoms with Crippen LogP contribution in [0.2, 0.25) is 0 Å². The van der Waals surface area contributed by atoms with Gasteiger partial charge in [-0.3, -0.25) is 9.59 Å². The van der Waals surface area contributed by atoms with Gasteiger partial charge in [0, 0.05) is 6.54 Å². The molecule has 0 bridgehead atoms. The van der Waals surface area contributed by atoms with Crippen molar-refractivity contribution in [3.05, 3.63) is 0 Å². The first-order valence-electron chi connectivity index (χ1n) is 4.58. The summed E-state index contributed by atoms with van der Waals surface area (Å²) in [5.74, 6) is -0.516. The molecule has 14 heavy (non-hydrogen) atoms. The second-order valence-electron chi connectivity index (χ2n) is 4.32. The van der Waals surface area contributed by atoms with Crippen LogP contribution in [0, 0.1) is 5.41 Å².